The highest BCUT2D eigenvalue weighted by molar-refractivity contribution is 5.82. The number of nitrogens with zero attached hydrogens (tertiary/aromatic N) is 2. The maximum absolute atomic E-state index is 12.0. The van der Waals surface area contributed by atoms with Crippen molar-refractivity contribution in [2.45, 2.75) is 24.9 Å². The number of nitrogens with one attached hydrogen (secondary N) is 1. The summed E-state index contributed by atoms with van der Waals surface area (Å²) in [6.45, 7) is 1.95. The minimum atomic E-state index is -0.0933. The molecule has 1 aromatic heterocycles. The summed E-state index contributed by atoms with van der Waals surface area (Å²) < 4.78 is 5.51. The summed E-state index contributed by atoms with van der Waals surface area (Å²) >= 11 is 0. The molecule has 1 aliphatic rings. The molecule has 0 spiro atoms. The van der Waals surface area contributed by atoms with Gasteiger partial charge in [0, 0.05) is 25.3 Å². The Morgan fingerprint density at radius 2 is 2.50 bits per heavy atom. The van der Waals surface area contributed by atoms with E-state index in [0.29, 0.717) is 13.2 Å². The Hall–Kier alpha value is -1.66. The van der Waals surface area contributed by atoms with Crippen molar-refractivity contribution in [1.82, 2.24) is 15.2 Å². The number of likely N-dealkylation sites (N-methyl/N-ethyl adjacent to an activating group) is 1. The van der Waals surface area contributed by atoms with Crippen LogP contribution in [0.4, 0.5) is 0 Å². The normalized spacial score (nSPS) is 22.7. The summed E-state index contributed by atoms with van der Waals surface area (Å²) in [7, 11) is 1.93. The lowest BCUT2D eigenvalue weighted by molar-refractivity contribution is -0.125. The predicted octanol–water partition coefficient (Wildman–Crippen LogP) is -0.00190. The number of pyridine rings is 1. The SMILES string of the molecule is CN1C[C@@H](N)C[C@H]1C(=O)NCCCOc1cccnc1. The lowest BCUT2D eigenvalue weighted by Crippen LogP contribution is -2.41. The molecule has 0 radical (unpaired) electrons. The van der Waals surface area contributed by atoms with Crippen LogP contribution in [-0.4, -0.2) is 54.6 Å². The third-order valence-corrected chi connectivity index (χ3v) is 3.41. The molecular formula is C14H22N4O2. The molecule has 1 saturated heterocycles. The number of carbonyl (C=O) groups is 1. The number of carbonyl (C=O) groups excluding carboxylic acids is 1. The average Bonchev–Trinajstić information content (AvgIpc) is 2.78. The third kappa shape index (κ3) is 4.18. The van der Waals surface area contributed by atoms with Gasteiger partial charge in [0.25, 0.3) is 0 Å². The third-order valence-electron chi connectivity index (χ3n) is 3.41. The highest BCUT2D eigenvalue weighted by Gasteiger charge is 2.32. The van der Waals surface area contributed by atoms with Crippen molar-refractivity contribution in [2.75, 3.05) is 26.7 Å². The fourth-order valence-electron chi connectivity index (χ4n) is 2.37. The zero-order valence-electron chi connectivity index (χ0n) is 11.8. The number of rotatable bonds is 6. The molecule has 20 heavy (non-hydrogen) atoms. The van der Waals surface area contributed by atoms with Crippen LogP contribution in [0.1, 0.15) is 12.8 Å². The van der Waals surface area contributed by atoms with Crippen LogP contribution in [0.5, 0.6) is 5.75 Å². The van der Waals surface area contributed by atoms with Gasteiger partial charge in [0.2, 0.25) is 5.91 Å². The molecule has 110 valence electrons. The number of amides is 1. The lowest BCUT2D eigenvalue weighted by atomic mass is 10.1. The van der Waals surface area contributed by atoms with E-state index >= 15 is 0 Å². The fraction of sp³-hybridized carbons (Fsp3) is 0.571. The fourth-order valence-corrected chi connectivity index (χ4v) is 2.37. The first-order chi connectivity index (χ1) is 9.66. The van der Waals surface area contributed by atoms with Crippen molar-refractivity contribution in [1.29, 1.82) is 0 Å². The zero-order valence-corrected chi connectivity index (χ0v) is 11.8. The summed E-state index contributed by atoms with van der Waals surface area (Å²) in [5.74, 6) is 0.808. The van der Waals surface area contributed by atoms with Crippen LogP contribution >= 0.6 is 0 Å². The molecule has 1 aliphatic heterocycles. The molecule has 2 rings (SSSR count). The van der Waals surface area contributed by atoms with Gasteiger partial charge in [0.05, 0.1) is 18.8 Å². The van der Waals surface area contributed by atoms with Crippen LogP contribution < -0.4 is 15.8 Å². The van der Waals surface area contributed by atoms with Crippen molar-refractivity contribution in [3.8, 4) is 5.75 Å². The van der Waals surface area contributed by atoms with Crippen molar-refractivity contribution in [3.05, 3.63) is 24.5 Å². The van der Waals surface area contributed by atoms with Crippen LogP contribution in [0, 0.1) is 0 Å². The van der Waals surface area contributed by atoms with E-state index in [1.54, 1.807) is 12.4 Å². The first-order valence-corrected chi connectivity index (χ1v) is 6.93. The second-order valence-electron chi connectivity index (χ2n) is 5.13. The van der Waals surface area contributed by atoms with E-state index in [9.17, 15) is 4.79 Å². The number of aromatic nitrogens is 1. The van der Waals surface area contributed by atoms with Crippen molar-refractivity contribution in [2.24, 2.45) is 5.73 Å². The molecule has 0 unspecified atom stereocenters. The van der Waals surface area contributed by atoms with Gasteiger partial charge in [-0.2, -0.15) is 0 Å². The van der Waals surface area contributed by atoms with E-state index < -0.39 is 0 Å². The van der Waals surface area contributed by atoms with Crippen LogP contribution in [0.15, 0.2) is 24.5 Å². The number of hydrogen-bond acceptors (Lipinski definition) is 5. The Bertz CT molecular complexity index is 426. The summed E-state index contributed by atoms with van der Waals surface area (Å²) in [5.41, 5.74) is 5.85. The van der Waals surface area contributed by atoms with Gasteiger partial charge in [-0.25, -0.2) is 0 Å². The van der Waals surface area contributed by atoms with Gasteiger partial charge < -0.3 is 15.8 Å². The molecular weight excluding hydrogens is 256 g/mol. The largest absolute Gasteiger partial charge is 0.492 e. The van der Waals surface area contributed by atoms with E-state index in [1.165, 1.54) is 0 Å². The molecule has 1 aromatic rings. The maximum Gasteiger partial charge on any atom is 0.237 e. The quantitative estimate of drug-likeness (QED) is 0.716. The molecule has 1 amide bonds. The van der Waals surface area contributed by atoms with E-state index in [2.05, 4.69) is 10.3 Å². The standard InChI is InChI=1S/C14H22N4O2/c1-18-10-11(15)8-13(18)14(19)17-6-3-7-20-12-4-2-5-16-9-12/h2,4-5,9,11,13H,3,6-8,10,15H2,1H3,(H,17,19)/t11-,13-/m0/s1. The highest BCUT2D eigenvalue weighted by Crippen LogP contribution is 2.14. The van der Waals surface area contributed by atoms with Crippen molar-refractivity contribution in [3.63, 3.8) is 0 Å². The monoisotopic (exact) mass is 278 g/mol. The second-order valence-corrected chi connectivity index (χ2v) is 5.13. The maximum atomic E-state index is 12.0. The Morgan fingerprint density at radius 1 is 1.65 bits per heavy atom. The summed E-state index contributed by atoms with van der Waals surface area (Å²) in [4.78, 5) is 17.9. The van der Waals surface area contributed by atoms with Crippen molar-refractivity contribution < 1.29 is 9.53 Å². The minimum absolute atomic E-state index is 0.0572. The molecule has 2 atom stereocenters. The van der Waals surface area contributed by atoms with Gasteiger partial charge in [0.15, 0.2) is 0 Å². The number of likely N-dealkylation sites (tertiary alicyclic amines) is 1. The minimum Gasteiger partial charge on any atom is -0.492 e. The Balaban J connectivity index is 1.60. The van der Waals surface area contributed by atoms with Gasteiger partial charge in [-0.05, 0) is 32.0 Å². The molecule has 0 bridgehead atoms. The molecule has 6 heteroatoms. The van der Waals surface area contributed by atoms with Crippen LogP contribution in [0.2, 0.25) is 0 Å². The van der Waals surface area contributed by atoms with E-state index in [4.69, 9.17) is 10.5 Å². The first-order valence-electron chi connectivity index (χ1n) is 6.93. The molecule has 0 aromatic carbocycles. The second kappa shape index (κ2) is 7.21. The number of ether oxygens (including phenoxy) is 1. The summed E-state index contributed by atoms with van der Waals surface area (Å²) in [6, 6.07) is 3.70. The summed E-state index contributed by atoms with van der Waals surface area (Å²) in [5, 5.41) is 2.93. The smallest absolute Gasteiger partial charge is 0.237 e. The molecule has 0 aliphatic carbocycles. The Labute approximate surface area is 119 Å². The predicted molar refractivity (Wildman–Crippen MR) is 76.4 cm³/mol. The zero-order chi connectivity index (χ0) is 14.4. The summed E-state index contributed by atoms with van der Waals surface area (Å²) in [6.07, 6.45) is 4.88. The van der Waals surface area contributed by atoms with Crippen molar-refractivity contribution >= 4 is 5.91 Å². The van der Waals surface area contributed by atoms with Gasteiger partial charge in [0.1, 0.15) is 5.75 Å². The lowest BCUT2D eigenvalue weighted by Gasteiger charge is -2.18. The topological polar surface area (TPSA) is 80.5 Å². The number of hydrogen-bond donors (Lipinski definition) is 2. The van der Waals surface area contributed by atoms with E-state index in [0.717, 1.165) is 25.1 Å². The average molecular weight is 278 g/mol. The van der Waals surface area contributed by atoms with Gasteiger partial charge >= 0.3 is 0 Å². The molecule has 6 nitrogen and oxygen atoms in total. The Morgan fingerprint density at radius 3 is 3.15 bits per heavy atom. The van der Waals surface area contributed by atoms with Gasteiger partial charge in [-0.15, -0.1) is 0 Å². The molecule has 2 heterocycles. The van der Waals surface area contributed by atoms with Crippen LogP contribution in [0.25, 0.3) is 0 Å². The van der Waals surface area contributed by atoms with Crippen LogP contribution in [0.3, 0.4) is 0 Å². The molecule has 3 N–H and O–H groups in total. The van der Waals surface area contributed by atoms with E-state index in [1.807, 2.05) is 24.1 Å². The van der Waals surface area contributed by atoms with Gasteiger partial charge in [-0.1, -0.05) is 0 Å². The van der Waals surface area contributed by atoms with Gasteiger partial charge in [-0.3, -0.25) is 14.7 Å². The highest BCUT2D eigenvalue weighted by atomic mass is 16.5. The van der Waals surface area contributed by atoms with Crippen LogP contribution in [-0.2, 0) is 4.79 Å². The Kier molecular flexibility index (Phi) is 5.31. The first kappa shape index (κ1) is 14.7. The number of nitrogens with two attached hydrogens (primary N) is 1. The molecule has 1 fully saturated rings. The van der Waals surface area contributed by atoms with E-state index in [-0.39, 0.29) is 18.0 Å². The molecule has 0 saturated carbocycles.